The third kappa shape index (κ3) is 11.4. The van der Waals surface area contributed by atoms with Gasteiger partial charge in [-0.05, 0) is 116 Å². The van der Waals surface area contributed by atoms with Crippen molar-refractivity contribution in [2.45, 2.75) is 113 Å². The molecule has 232 valence electrons. The predicted molar refractivity (Wildman–Crippen MR) is 187 cm³/mol. The Hall–Kier alpha value is -2.87. The summed E-state index contributed by atoms with van der Waals surface area (Å²) in [4.78, 5) is 2.44. The molecule has 0 atom stereocenters. The molecule has 0 spiro atoms. The molecule has 0 aromatic heterocycles. The van der Waals surface area contributed by atoms with Crippen molar-refractivity contribution in [1.29, 1.82) is 0 Å². The number of allylic oxidation sites excluding steroid dienone is 4. The minimum Gasteiger partial charge on any atom is -0.372 e. The van der Waals surface area contributed by atoms with E-state index in [1.54, 1.807) is 12.1 Å². The molecule has 1 aliphatic heterocycles. The van der Waals surface area contributed by atoms with Gasteiger partial charge in [-0.1, -0.05) is 104 Å². The standard InChI is InChI=1S/C34H44FN.C4H10.C2H6/c1-8-10-11-12-24(3)27(6)32(9-2)34-23-33(25(4)21-26(34)5)28(7)36-19-17-30(18-20-36)22-29-13-15-31(35)16-14-29;1-3-4-2;1-2/h9,13-16,21,23,30H,3,6-8,10-12,17-20,22H2,1-2,4-5H3;3-4H2,1-2H3;1-2H3/b32-9-;;. The summed E-state index contributed by atoms with van der Waals surface area (Å²) in [5, 5.41) is 0. The Morgan fingerprint density at radius 3 is 1.95 bits per heavy atom. The van der Waals surface area contributed by atoms with Crippen LogP contribution in [0.25, 0.3) is 11.3 Å². The zero-order valence-electron chi connectivity index (χ0n) is 28.3. The number of halogens is 1. The fourth-order valence-corrected chi connectivity index (χ4v) is 5.41. The summed E-state index contributed by atoms with van der Waals surface area (Å²) in [7, 11) is 0. The van der Waals surface area contributed by atoms with Crippen molar-refractivity contribution in [3.05, 3.63) is 107 Å². The number of rotatable bonds is 12. The molecule has 1 saturated heterocycles. The molecule has 42 heavy (non-hydrogen) atoms. The highest BCUT2D eigenvalue weighted by atomic mass is 19.1. The predicted octanol–water partition coefficient (Wildman–Crippen LogP) is 12.3. The van der Waals surface area contributed by atoms with Gasteiger partial charge in [-0.3, -0.25) is 0 Å². The fraction of sp³-hybridized carbons (Fsp3) is 0.500. The van der Waals surface area contributed by atoms with Crippen LogP contribution >= 0.6 is 0 Å². The maximum atomic E-state index is 13.2. The highest BCUT2D eigenvalue weighted by molar-refractivity contribution is 5.85. The van der Waals surface area contributed by atoms with E-state index in [0.717, 1.165) is 62.0 Å². The molecule has 3 rings (SSSR count). The van der Waals surface area contributed by atoms with Crippen molar-refractivity contribution in [2.75, 3.05) is 13.1 Å². The number of hydrogen-bond acceptors (Lipinski definition) is 1. The van der Waals surface area contributed by atoms with E-state index in [1.807, 2.05) is 26.0 Å². The average Bonchev–Trinajstić information content (AvgIpc) is 3.00. The summed E-state index contributed by atoms with van der Waals surface area (Å²) in [6, 6.07) is 11.6. The van der Waals surface area contributed by atoms with Crippen LogP contribution in [0.15, 0.2) is 73.4 Å². The number of unbranched alkanes of at least 4 members (excludes halogenated alkanes) is 3. The quantitative estimate of drug-likeness (QED) is 0.180. The van der Waals surface area contributed by atoms with Gasteiger partial charge in [-0.15, -0.1) is 0 Å². The number of aryl methyl sites for hydroxylation is 2. The Balaban J connectivity index is 0.00000135. The molecule has 0 N–H and O–H groups in total. The van der Waals surface area contributed by atoms with E-state index >= 15 is 0 Å². The number of likely N-dealkylation sites (tertiary alicyclic amines) is 1. The summed E-state index contributed by atoms with van der Waals surface area (Å²) in [6.45, 7) is 32.4. The van der Waals surface area contributed by atoms with E-state index in [4.69, 9.17) is 0 Å². The minimum atomic E-state index is -0.164. The first-order valence-corrected chi connectivity index (χ1v) is 16.5. The van der Waals surface area contributed by atoms with Crippen molar-refractivity contribution in [1.82, 2.24) is 4.90 Å². The van der Waals surface area contributed by atoms with Crippen LogP contribution in [0.2, 0.25) is 0 Å². The number of hydrogen-bond donors (Lipinski definition) is 0. The Kier molecular flexibility index (Phi) is 17.8. The Morgan fingerprint density at radius 2 is 1.43 bits per heavy atom. The molecule has 1 fully saturated rings. The smallest absolute Gasteiger partial charge is 0.123 e. The average molecular weight is 574 g/mol. The second-order valence-electron chi connectivity index (χ2n) is 11.4. The maximum absolute atomic E-state index is 13.2. The Morgan fingerprint density at radius 1 is 0.857 bits per heavy atom. The molecule has 2 heteroatoms. The first-order chi connectivity index (χ1) is 20.2. The van der Waals surface area contributed by atoms with Gasteiger partial charge in [0.15, 0.2) is 0 Å². The molecule has 2 aromatic rings. The molecule has 1 aliphatic rings. The van der Waals surface area contributed by atoms with Gasteiger partial charge in [0.1, 0.15) is 5.82 Å². The number of benzene rings is 2. The van der Waals surface area contributed by atoms with Crippen LogP contribution in [0, 0.1) is 25.6 Å². The van der Waals surface area contributed by atoms with E-state index in [-0.39, 0.29) is 5.82 Å². The number of piperidine rings is 1. The molecule has 0 bridgehead atoms. The van der Waals surface area contributed by atoms with E-state index in [0.29, 0.717) is 5.92 Å². The minimum absolute atomic E-state index is 0.164. The first-order valence-electron chi connectivity index (χ1n) is 16.5. The maximum Gasteiger partial charge on any atom is 0.123 e. The van der Waals surface area contributed by atoms with Gasteiger partial charge in [0.2, 0.25) is 0 Å². The topological polar surface area (TPSA) is 3.24 Å². The molecule has 0 saturated carbocycles. The summed E-state index contributed by atoms with van der Waals surface area (Å²) in [5.74, 6) is 0.467. The fourth-order valence-electron chi connectivity index (χ4n) is 5.41. The zero-order valence-corrected chi connectivity index (χ0v) is 28.3. The molecule has 0 radical (unpaired) electrons. The van der Waals surface area contributed by atoms with Crippen LogP contribution < -0.4 is 0 Å². The Labute approximate surface area is 259 Å². The van der Waals surface area contributed by atoms with Crippen molar-refractivity contribution < 1.29 is 4.39 Å². The molecule has 1 nitrogen and oxygen atoms in total. The largest absolute Gasteiger partial charge is 0.372 e. The molecular formula is C40H60FN. The van der Waals surface area contributed by atoms with Gasteiger partial charge in [0.05, 0.1) is 0 Å². The SMILES string of the molecule is C=C(CCCCC)C(=C)/C(=C/C)c1cc(C(=C)N2CCC(Cc3ccc(F)cc3)CC2)c(C)cc1C.CC.CCCC. The highest BCUT2D eigenvalue weighted by Gasteiger charge is 2.23. The van der Waals surface area contributed by atoms with Gasteiger partial charge < -0.3 is 4.90 Å². The van der Waals surface area contributed by atoms with Gasteiger partial charge in [0, 0.05) is 24.4 Å². The second kappa shape index (κ2) is 20.1. The molecule has 2 aromatic carbocycles. The van der Waals surface area contributed by atoms with Crippen LogP contribution in [-0.2, 0) is 6.42 Å². The molecule has 1 heterocycles. The molecule has 0 aliphatic carbocycles. The highest BCUT2D eigenvalue weighted by Crippen LogP contribution is 2.35. The van der Waals surface area contributed by atoms with Gasteiger partial charge in [-0.2, -0.15) is 0 Å². The third-order valence-corrected chi connectivity index (χ3v) is 8.23. The third-order valence-electron chi connectivity index (χ3n) is 8.23. The second-order valence-corrected chi connectivity index (χ2v) is 11.4. The summed E-state index contributed by atoms with van der Waals surface area (Å²) < 4.78 is 13.2. The van der Waals surface area contributed by atoms with Crippen molar-refractivity contribution in [3.8, 4) is 0 Å². The van der Waals surface area contributed by atoms with E-state index in [2.05, 4.69) is 84.4 Å². The van der Waals surface area contributed by atoms with Gasteiger partial charge >= 0.3 is 0 Å². The van der Waals surface area contributed by atoms with Crippen LogP contribution in [0.5, 0.6) is 0 Å². The van der Waals surface area contributed by atoms with Crippen LogP contribution in [0.1, 0.15) is 121 Å². The van der Waals surface area contributed by atoms with Crippen molar-refractivity contribution in [3.63, 3.8) is 0 Å². The summed E-state index contributed by atoms with van der Waals surface area (Å²) >= 11 is 0. The van der Waals surface area contributed by atoms with Crippen molar-refractivity contribution in [2.24, 2.45) is 5.92 Å². The van der Waals surface area contributed by atoms with Crippen LogP contribution in [-0.4, -0.2) is 18.0 Å². The number of nitrogens with zero attached hydrogens (tertiary/aromatic N) is 1. The van der Waals surface area contributed by atoms with Crippen LogP contribution in [0.4, 0.5) is 4.39 Å². The van der Waals surface area contributed by atoms with Crippen LogP contribution in [0.3, 0.4) is 0 Å². The summed E-state index contributed by atoms with van der Waals surface area (Å²) in [6.07, 6.45) is 12.7. The van der Waals surface area contributed by atoms with Gasteiger partial charge in [0.25, 0.3) is 0 Å². The normalized spacial score (nSPS) is 13.5. The van der Waals surface area contributed by atoms with Gasteiger partial charge in [-0.25, -0.2) is 4.39 Å². The van der Waals surface area contributed by atoms with E-state index in [9.17, 15) is 4.39 Å². The van der Waals surface area contributed by atoms with Crippen molar-refractivity contribution >= 4 is 11.3 Å². The monoisotopic (exact) mass is 573 g/mol. The molecule has 0 amide bonds. The first kappa shape index (κ1) is 37.2. The molecule has 0 unspecified atom stereocenters. The lowest BCUT2D eigenvalue weighted by Crippen LogP contribution is -2.33. The van der Waals surface area contributed by atoms with E-state index < -0.39 is 0 Å². The van der Waals surface area contributed by atoms with E-state index in [1.165, 1.54) is 59.1 Å². The lowest BCUT2D eigenvalue weighted by Gasteiger charge is -2.35. The Bertz CT molecular complexity index is 1140. The lowest BCUT2D eigenvalue weighted by molar-refractivity contribution is 0.254. The molecular weight excluding hydrogens is 513 g/mol. The lowest BCUT2D eigenvalue weighted by atomic mass is 9.86. The summed E-state index contributed by atoms with van der Waals surface area (Å²) in [5.41, 5.74) is 10.7. The zero-order chi connectivity index (χ0) is 31.7.